The maximum atomic E-state index is 15.6. The number of sulfonamides is 1. The molecule has 2 aromatic rings. The summed E-state index contributed by atoms with van der Waals surface area (Å²) in [6.45, 7) is 2.58. The summed E-state index contributed by atoms with van der Waals surface area (Å²) in [6, 6.07) is 6.82. The first-order chi connectivity index (χ1) is 16.8. The lowest BCUT2D eigenvalue weighted by molar-refractivity contribution is 0.00614. The number of carbonyl (C=O) groups is 1. The van der Waals surface area contributed by atoms with E-state index in [0.29, 0.717) is 18.7 Å². The second kappa shape index (κ2) is 10.2. The number of halogens is 4. The van der Waals surface area contributed by atoms with E-state index in [1.54, 1.807) is 16.9 Å². The summed E-state index contributed by atoms with van der Waals surface area (Å²) in [6.07, 6.45) is 2.83. The van der Waals surface area contributed by atoms with Crippen LogP contribution >= 0.6 is 11.6 Å². The molecule has 1 saturated heterocycles. The molecule has 36 heavy (non-hydrogen) atoms. The van der Waals surface area contributed by atoms with Crippen molar-refractivity contribution in [2.75, 3.05) is 26.0 Å². The van der Waals surface area contributed by atoms with E-state index in [9.17, 15) is 22.0 Å². The number of carbonyl (C=O) groups excluding carboxylic acids is 1. The van der Waals surface area contributed by atoms with Gasteiger partial charge in [-0.25, -0.2) is 26.3 Å². The highest BCUT2D eigenvalue weighted by Gasteiger charge is 2.38. The van der Waals surface area contributed by atoms with Crippen molar-refractivity contribution >= 4 is 27.5 Å². The molecule has 1 aliphatic carbocycles. The Morgan fingerprint density at radius 1 is 1.19 bits per heavy atom. The predicted molar refractivity (Wildman–Crippen MR) is 131 cm³/mol. The first kappa shape index (κ1) is 26.8. The summed E-state index contributed by atoms with van der Waals surface area (Å²) < 4.78 is 74.0. The van der Waals surface area contributed by atoms with Crippen LogP contribution in [0.4, 0.5) is 13.2 Å². The molecule has 4 rings (SSSR count). The molecule has 0 bridgehead atoms. The molecule has 0 aromatic heterocycles. The molecule has 0 spiro atoms. The average molecular weight is 545 g/mol. The Morgan fingerprint density at radius 2 is 1.86 bits per heavy atom. The van der Waals surface area contributed by atoms with Gasteiger partial charge in [0.1, 0.15) is 29.7 Å². The van der Waals surface area contributed by atoms with E-state index in [1.165, 1.54) is 12.1 Å². The fraction of sp³-hybridized carbons (Fsp3) is 0.480. The van der Waals surface area contributed by atoms with Crippen molar-refractivity contribution in [3.8, 4) is 5.75 Å². The number of hydrogen-bond acceptors (Lipinski definition) is 5. The van der Waals surface area contributed by atoms with Crippen molar-refractivity contribution in [3.05, 3.63) is 63.7 Å². The molecule has 2 aliphatic rings. The van der Waals surface area contributed by atoms with E-state index in [1.807, 2.05) is 6.92 Å². The second-order valence-electron chi connectivity index (χ2n) is 9.67. The first-order valence-electron chi connectivity index (χ1n) is 11.7. The summed E-state index contributed by atoms with van der Waals surface area (Å²) in [5.41, 5.74) is -0.611. The molecule has 196 valence electrons. The predicted octanol–water partition coefficient (Wildman–Crippen LogP) is 5.13. The number of alkyl halides is 1. The Bertz CT molecular complexity index is 1260. The minimum absolute atomic E-state index is 0.0446. The van der Waals surface area contributed by atoms with Gasteiger partial charge in [0.2, 0.25) is 10.0 Å². The summed E-state index contributed by atoms with van der Waals surface area (Å²) in [7, 11) is -3.86. The van der Waals surface area contributed by atoms with Gasteiger partial charge >= 0.3 is 0 Å². The monoisotopic (exact) mass is 544 g/mol. The lowest BCUT2D eigenvalue weighted by Gasteiger charge is -2.39. The van der Waals surface area contributed by atoms with E-state index in [-0.39, 0.29) is 42.2 Å². The number of benzene rings is 2. The number of hydrogen-bond donors (Lipinski definition) is 1. The fourth-order valence-corrected chi connectivity index (χ4v) is 5.09. The number of nitrogens with zero attached hydrogens (tertiary/aromatic N) is 1. The molecular weight excluding hydrogens is 517 g/mol. The Morgan fingerprint density at radius 3 is 2.44 bits per heavy atom. The zero-order chi connectivity index (χ0) is 26.3. The number of piperidine rings is 1. The van der Waals surface area contributed by atoms with Crippen molar-refractivity contribution < 1.29 is 31.1 Å². The quantitative estimate of drug-likeness (QED) is 0.499. The van der Waals surface area contributed by atoms with Gasteiger partial charge in [0, 0.05) is 25.2 Å². The molecule has 1 saturated carbocycles. The summed E-state index contributed by atoms with van der Waals surface area (Å²) in [5.74, 6) is -2.28. The largest absolute Gasteiger partial charge is 0.490 e. The van der Waals surface area contributed by atoms with Gasteiger partial charge in [0.25, 0.3) is 5.91 Å². The maximum Gasteiger partial charge on any atom is 0.267 e. The Balaban J connectivity index is 1.41. The highest BCUT2D eigenvalue weighted by Crippen LogP contribution is 2.45. The highest BCUT2D eigenvalue weighted by molar-refractivity contribution is 7.89. The SMILES string of the molecule is C[C@@H](c1ccc(F)c(Cl)c1)N1CCC(F)(COc2cc(F)c(C(=O)NS(C)(=O)=O)cc2C2CC2)CC1. The van der Waals surface area contributed by atoms with Gasteiger partial charge < -0.3 is 4.74 Å². The smallest absolute Gasteiger partial charge is 0.267 e. The highest BCUT2D eigenvalue weighted by atomic mass is 35.5. The summed E-state index contributed by atoms with van der Waals surface area (Å²) >= 11 is 5.90. The van der Waals surface area contributed by atoms with Crippen molar-refractivity contribution in [1.82, 2.24) is 9.62 Å². The molecule has 11 heteroatoms. The zero-order valence-corrected chi connectivity index (χ0v) is 21.6. The molecular formula is C25H28ClF3N2O4S. The van der Waals surface area contributed by atoms with Crippen LogP contribution in [0.3, 0.4) is 0 Å². The van der Waals surface area contributed by atoms with Crippen LogP contribution in [0, 0.1) is 11.6 Å². The lowest BCUT2D eigenvalue weighted by Crippen LogP contribution is -2.45. The molecule has 1 amide bonds. The average Bonchev–Trinajstić information content (AvgIpc) is 3.64. The zero-order valence-electron chi connectivity index (χ0n) is 20.0. The van der Waals surface area contributed by atoms with Crippen LogP contribution in [0.2, 0.25) is 5.02 Å². The first-order valence-corrected chi connectivity index (χ1v) is 14.0. The van der Waals surface area contributed by atoms with Crippen LogP contribution < -0.4 is 9.46 Å². The Kier molecular flexibility index (Phi) is 7.60. The Labute approximate surface area is 213 Å². The third-order valence-electron chi connectivity index (χ3n) is 6.79. The molecule has 0 radical (unpaired) electrons. The minimum atomic E-state index is -3.86. The van der Waals surface area contributed by atoms with E-state index >= 15 is 4.39 Å². The minimum Gasteiger partial charge on any atom is -0.490 e. The fourth-order valence-electron chi connectivity index (χ4n) is 4.45. The summed E-state index contributed by atoms with van der Waals surface area (Å²) in [4.78, 5) is 14.3. The third-order valence-corrected chi connectivity index (χ3v) is 7.64. The standard InChI is InChI=1S/C25H28ClF3N2O4S/c1-15(17-5-6-21(27)20(26)11-17)31-9-7-25(29,8-10-31)14-35-23-13-22(28)19(12-18(23)16-3-4-16)24(32)30-36(2,33)34/h5-6,11-13,15-16H,3-4,7-10,14H2,1-2H3,(H,30,32)/t15-/m0/s1. The van der Waals surface area contributed by atoms with Crippen LogP contribution in [0.25, 0.3) is 0 Å². The molecule has 2 fully saturated rings. The second-order valence-corrected chi connectivity index (χ2v) is 11.8. The molecule has 6 nitrogen and oxygen atoms in total. The molecule has 2 aromatic carbocycles. The Hall–Kier alpha value is -2.30. The van der Waals surface area contributed by atoms with Gasteiger partial charge in [0.05, 0.1) is 16.8 Å². The molecule has 1 N–H and O–H groups in total. The number of nitrogens with one attached hydrogen (secondary N) is 1. The van der Waals surface area contributed by atoms with E-state index in [4.69, 9.17) is 16.3 Å². The van der Waals surface area contributed by atoms with Gasteiger partial charge in [0.15, 0.2) is 0 Å². The lowest BCUT2D eigenvalue weighted by atomic mass is 9.92. The van der Waals surface area contributed by atoms with Crippen molar-refractivity contribution in [2.24, 2.45) is 0 Å². The number of likely N-dealkylation sites (tertiary alicyclic amines) is 1. The van der Waals surface area contributed by atoms with Crippen LogP contribution in [0.5, 0.6) is 5.75 Å². The number of amides is 1. The molecule has 1 atom stereocenters. The topological polar surface area (TPSA) is 75.7 Å². The van der Waals surface area contributed by atoms with Gasteiger partial charge in [-0.2, -0.15) is 0 Å². The van der Waals surface area contributed by atoms with Gasteiger partial charge in [-0.05, 0) is 67.9 Å². The van der Waals surface area contributed by atoms with E-state index in [0.717, 1.165) is 30.7 Å². The number of ether oxygens (including phenoxy) is 1. The molecule has 1 heterocycles. The van der Waals surface area contributed by atoms with Gasteiger partial charge in [-0.3, -0.25) is 9.69 Å². The summed E-state index contributed by atoms with van der Waals surface area (Å²) in [5, 5.41) is 0.0446. The van der Waals surface area contributed by atoms with Crippen LogP contribution in [-0.4, -0.2) is 50.8 Å². The van der Waals surface area contributed by atoms with Crippen LogP contribution in [-0.2, 0) is 10.0 Å². The molecule has 0 unspecified atom stereocenters. The van der Waals surface area contributed by atoms with Crippen LogP contribution in [0.1, 0.15) is 66.1 Å². The van der Waals surface area contributed by atoms with Crippen molar-refractivity contribution in [2.45, 2.75) is 50.2 Å². The van der Waals surface area contributed by atoms with Crippen molar-refractivity contribution in [3.63, 3.8) is 0 Å². The number of rotatable bonds is 8. The molecule has 1 aliphatic heterocycles. The van der Waals surface area contributed by atoms with Gasteiger partial charge in [-0.1, -0.05) is 17.7 Å². The van der Waals surface area contributed by atoms with Crippen molar-refractivity contribution in [1.29, 1.82) is 0 Å². The van der Waals surface area contributed by atoms with Crippen LogP contribution in [0.15, 0.2) is 30.3 Å². The van der Waals surface area contributed by atoms with Gasteiger partial charge in [-0.15, -0.1) is 0 Å². The third kappa shape index (κ3) is 6.33. The van der Waals surface area contributed by atoms with E-state index < -0.39 is 38.8 Å². The van der Waals surface area contributed by atoms with E-state index in [2.05, 4.69) is 4.90 Å². The maximum absolute atomic E-state index is 15.6. The normalized spacial score (nSPS) is 19.1.